The SMILES string of the molecule is NC1=C(C=Nc2ccc(N3CC[C@H](F)C3)nc2)C(=O)N(c2ccncc2O)C1. The molecule has 0 bridgehead atoms. The summed E-state index contributed by atoms with van der Waals surface area (Å²) >= 11 is 0. The number of aliphatic imine (C=N–C) groups is 1. The lowest BCUT2D eigenvalue weighted by Gasteiger charge is -2.17. The Morgan fingerprint density at radius 3 is 2.86 bits per heavy atom. The van der Waals surface area contributed by atoms with Gasteiger partial charge in [0.15, 0.2) is 5.75 Å². The van der Waals surface area contributed by atoms with E-state index in [9.17, 15) is 14.3 Å². The number of aromatic hydroxyl groups is 1. The number of hydrogen-bond donors (Lipinski definition) is 2. The minimum Gasteiger partial charge on any atom is -0.504 e. The van der Waals surface area contributed by atoms with Gasteiger partial charge in [0.1, 0.15) is 12.0 Å². The lowest BCUT2D eigenvalue weighted by atomic mass is 10.2. The van der Waals surface area contributed by atoms with Crippen molar-refractivity contribution >= 4 is 29.3 Å². The first-order chi connectivity index (χ1) is 13.5. The number of aromatic nitrogens is 2. The molecule has 0 spiro atoms. The molecule has 2 aliphatic heterocycles. The Balaban J connectivity index is 1.48. The van der Waals surface area contributed by atoms with Gasteiger partial charge in [-0.05, 0) is 24.6 Å². The maximum absolute atomic E-state index is 13.3. The van der Waals surface area contributed by atoms with Crippen LogP contribution in [0.15, 0.2) is 53.1 Å². The summed E-state index contributed by atoms with van der Waals surface area (Å²) in [6.45, 7) is 1.16. The van der Waals surface area contributed by atoms with Crippen LogP contribution in [-0.2, 0) is 4.79 Å². The van der Waals surface area contributed by atoms with Gasteiger partial charge in [0.05, 0.1) is 42.4 Å². The molecule has 4 rings (SSSR count). The molecule has 2 aromatic heterocycles. The van der Waals surface area contributed by atoms with Crippen LogP contribution in [0.2, 0.25) is 0 Å². The molecule has 0 radical (unpaired) electrons. The second-order valence-corrected chi connectivity index (χ2v) is 6.66. The van der Waals surface area contributed by atoms with Crippen LogP contribution in [0.1, 0.15) is 6.42 Å². The van der Waals surface area contributed by atoms with E-state index in [0.29, 0.717) is 42.4 Å². The van der Waals surface area contributed by atoms with E-state index in [1.165, 1.54) is 23.5 Å². The van der Waals surface area contributed by atoms with Crippen molar-refractivity contribution in [3.05, 3.63) is 48.1 Å². The van der Waals surface area contributed by atoms with Gasteiger partial charge in [-0.1, -0.05) is 0 Å². The number of anilines is 2. The monoisotopic (exact) mass is 382 g/mol. The first-order valence-corrected chi connectivity index (χ1v) is 8.85. The molecule has 2 aromatic rings. The van der Waals surface area contributed by atoms with Crippen molar-refractivity contribution in [1.82, 2.24) is 9.97 Å². The third kappa shape index (κ3) is 3.38. The fraction of sp³-hybridized carbons (Fsp3) is 0.263. The van der Waals surface area contributed by atoms with E-state index < -0.39 is 6.17 Å². The first kappa shape index (κ1) is 17.9. The van der Waals surface area contributed by atoms with Gasteiger partial charge in [-0.15, -0.1) is 0 Å². The Hall–Kier alpha value is -3.49. The van der Waals surface area contributed by atoms with E-state index in [2.05, 4.69) is 15.0 Å². The maximum Gasteiger partial charge on any atom is 0.262 e. The molecule has 0 aromatic carbocycles. The highest BCUT2D eigenvalue weighted by atomic mass is 19.1. The van der Waals surface area contributed by atoms with Gasteiger partial charge < -0.3 is 15.7 Å². The summed E-state index contributed by atoms with van der Waals surface area (Å²) in [6.07, 6.45) is 5.43. The zero-order valence-electron chi connectivity index (χ0n) is 15.0. The maximum atomic E-state index is 13.3. The standard InChI is InChI=1S/C19H19FN6O2/c20-12-4-6-25(10-12)18-2-1-13(7-24-18)23-8-14-15(21)11-26(19(14)28)16-3-5-22-9-17(16)27/h1-3,5,7-9,12,27H,4,6,10-11,21H2/t12-/m0/s1. The Bertz CT molecular complexity index is 959. The molecule has 8 nitrogen and oxygen atoms in total. The molecular weight excluding hydrogens is 363 g/mol. The molecule has 9 heteroatoms. The van der Waals surface area contributed by atoms with Crippen LogP contribution in [0.5, 0.6) is 5.75 Å². The number of nitrogens with two attached hydrogens (primary N) is 1. The molecule has 4 heterocycles. The smallest absolute Gasteiger partial charge is 0.262 e. The minimum absolute atomic E-state index is 0.0981. The van der Waals surface area contributed by atoms with E-state index in [4.69, 9.17) is 5.73 Å². The van der Waals surface area contributed by atoms with Crippen LogP contribution >= 0.6 is 0 Å². The Kier molecular flexibility index (Phi) is 4.64. The largest absolute Gasteiger partial charge is 0.504 e. The molecule has 1 atom stereocenters. The first-order valence-electron chi connectivity index (χ1n) is 8.85. The van der Waals surface area contributed by atoms with Crippen molar-refractivity contribution in [2.24, 2.45) is 10.7 Å². The van der Waals surface area contributed by atoms with E-state index in [1.54, 1.807) is 24.4 Å². The van der Waals surface area contributed by atoms with Crippen molar-refractivity contribution in [3.63, 3.8) is 0 Å². The zero-order valence-corrected chi connectivity index (χ0v) is 15.0. The molecule has 28 heavy (non-hydrogen) atoms. The number of pyridine rings is 2. The van der Waals surface area contributed by atoms with Crippen LogP contribution in [0.25, 0.3) is 0 Å². The lowest BCUT2D eigenvalue weighted by Crippen LogP contribution is -2.27. The molecule has 0 unspecified atom stereocenters. The third-order valence-corrected chi connectivity index (χ3v) is 4.75. The summed E-state index contributed by atoms with van der Waals surface area (Å²) in [5.74, 6) is 0.256. The van der Waals surface area contributed by atoms with Crippen molar-refractivity contribution in [1.29, 1.82) is 0 Å². The predicted molar refractivity (Wildman–Crippen MR) is 104 cm³/mol. The summed E-state index contributed by atoms with van der Waals surface area (Å²) < 4.78 is 13.3. The number of amides is 1. The van der Waals surface area contributed by atoms with Crippen LogP contribution < -0.4 is 15.5 Å². The molecule has 2 aliphatic rings. The summed E-state index contributed by atoms with van der Waals surface area (Å²) in [5.41, 5.74) is 7.52. The number of alkyl halides is 1. The van der Waals surface area contributed by atoms with Crippen LogP contribution in [0.4, 0.5) is 21.6 Å². The topological polar surface area (TPSA) is 108 Å². The highest BCUT2D eigenvalue weighted by Crippen LogP contribution is 2.30. The van der Waals surface area contributed by atoms with E-state index in [-0.39, 0.29) is 23.8 Å². The van der Waals surface area contributed by atoms with Crippen LogP contribution in [0, 0.1) is 0 Å². The summed E-state index contributed by atoms with van der Waals surface area (Å²) in [6, 6.07) is 5.08. The molecule has 1 amide bonds. The zero-order chi connectivity index (χ0) is 19.7. The van der Waals surface area contributed by atoms with Crippen molar-refractivity contribution in [2.75, 3.05) is 29.4 Å². The second-order valence-electron chi connectivity index (χ2n) is 6.66. The fourth-order valence-corrected chi connectivity index (χ4v) is 3.26. The quantitative estimate of drug-likeness (QED) is 0.779. The van der Waals surface area contributed by atoms with E-state index in [1.807, 2.05) is 4.90 Å². The highest BCUT2D eigenvalue weighted by molar-refractivity contribution is 6.22. The van der Waals surface area contributed by atoms with Gasteiger partial charge in [-0.2, -0.15) is 0 Å². The highest BCUT2D eigenvalue weighted by Gasteiger charge is 2.30. The molecule has 1 saturated heterocycles. The average Bonchev–Trinajstić information content (AvgIpc) is 3.24. The van der Waals surface area contributed by atoms with Gasteiger partial charge in [0, 0.05) is 24.7 Å². The van der Waals surface area contributed by atoms with Crippen LogP contribution in [0.3, 0.4) is 0 Å². The fourth-order valence-electron chi connectivity index (χ4n) is 3.26. The summed E-state index contributed by atoms with van der Waals surface area (Å²) in [5, 5.41) is 9.92. The minimum atomic E-state index is -0.814. The van der Waals surface area contributed by atoms with Gasteiger partial charge in [0.25, 0.3) is 5.91 Å². The molecular formula is C19H19FN6O2. The second kappa shape index (κ2) is 7.26. The van der Waals surface area contributed by atoms with E-state index >= 15 is 0 Å². The van der Waals surface area contributed by atoms with E-state index in [0.717, 1.165) is 0 Å². The van der Waals surface area contributed by atoms with Crippen LogP contribution in [-0.4, -0.2) is 53.0 Å². The number of rotatable bonds is 4. The number of carbonyl (C=O) groups excluding carboxylic acids is 1. The summed E-state index contributed by atoms with van der Waals surface area (Å²) in [7, 11) is 0. The van der Waals surface area contributed by atoms with Gasteiger partial charge in [-0.3, -0.25) is 19.7 Å². The normalized spacial score (nSPS) is 20.0. The molecule has 0 aliphatic carbocycles. The van der Waals surface area contributed by atoms with Gasteiger partial charge in [0.2, 0.25) is 0 Å². The number of carbonyl (C=O) groups is 1. The third-order valence-electron chi connectivity index (χ3n) is 4.75. The van der Waals surface area contributed by atoms with Crippen molar-refractivity contribution in [3.8, 4) is 5.75 Å². The number of halogens is 1. The Morgan fingerprint density at radius 2 is 2.18 bits per heavy atom. The van der Waals surface area contributed by atoms with Crippen molar-refractivity contribution in [2.45, 2.75) is 12.6 Å². The Morgan fingerprint density at radius 1 is 1.32 bits per heavy atom. The van der Waals surface area contributed by atoms with Gasteiger partial charge >= 0.3 is 0 Å². The molecule has 144 valence electrons. The average molecular weight is 382 g/mol. The predicted octanol–water partition coefficient (Wildman–Crippen LogP) is 1.69. The number of hydrogen-bond acceptors (Lipinski definition) is 7. The van der Waals surface area contributed by atoms with Gasteiger partial charge in [-0.25, -0.2) is 9.37 Å². The molecule has 3 N–H and O–H groups in total. The number of nitrogens with zero attached hydrogens (tertiary/aromatic N) is 5. The Labute approximate surface area is 160 Å². The molecule has 1 fully saturated rings. The van der Waals surface area contributed by atoms with Crippen molar-refractivity contribution < 1.29 is 14.3 Å². The lowest BCUT2D eigenvalue weighted by molar-refractivity contribution is -0.114. The molecule has 0 saturated carbocycles. The summed E-state index contributed by atoms with van der Waals surface area (Å²) in [4.78, 5) is 28.3.